The van der Waals surface area contributed by atoms with E-state index in [4.69, 9.17) is 10.9 Å². The summed E-state index contributed by atoms with van der Waals surface area (Å²) in [7, 11) is 0. The third kappa shape index (κ3) is 6.14. The zero-order chi connectivity index (χ0) is 12.5. The Hall–Kier alpha value is -1.26. The molecule has 0 atom stereocenters. The van der Waals surface area contributed by atoms with Gasteiger partial charge < -0.3 is 16.3 Å². The van der Waals surface area contributed by atoms with Crippen LogP contribution in [0, 0.1) is 5.92 Å². The molecule has 0 aromatic heterocycles. The fourth-order valence-electron chi connectivity index (χ4n) is 2.27. The fourth-order valence-corrected chi connectivity index (χ4v) is 2.27. The summed E-state index contributed by atoms with van der Waals surface area (Å²) in [5.41, 5.74) is 5.33. The number of hydrogen-bond donors (Lipinski definition) is 3. The lowest BCUT2D eigenvalue weighted by atomic mass is 9.87. The topological polar surface area (TPSA) is 87.7 Å². The second-order valence-electron chi connectivity index (χ2n) is 4.75. The highest BCUT2D eigenvalue weighted by atomic mass is 16.4. The van der Waals surface area contributed by atoms with Crippen LogP contribution in [0.25, 0.3) is 0 Å². The summed E-state index contributed by atoms with van der Waals surface area (Å²) in [5, 5.41) is 14.1. The van der Waals surface area contributed by atoms with Gasteiger partial charge in [0.1, 0.15) is 5.84 Å². The summed E-state index contributed by atoms with van der Waals surface area (Å²) in [6.07, 6.45) is 8.12. The van der Waals surface area contributed by atoms with E-state index >= 15 is 0 Å². The predicted molar refractivity (Wildman–Crippen MR) is 66.8 cm³/mol. The highest BCUT2D eigenvalue weighted by molar-refractivity contribution is 5.79. The highest BCUT2D eigenvalue weighted by Crippen LogP contribution is 2.25. The van der Waals surface area contributed by atoms with Crippen molar-refractivity contribution in [1.82, 2.24) is 5.32 Å². The van der Waals surface area contributed by atoms with E-state index in [1.807, 2.05) is 0 Å². The van der Waals surface area contributed by atoms with Gasteiger partial charge in [-0.3, -0.25) is 4.79 Å². The predicted octanol–water partition coefficient (Wildman–Crippen LogP) is 1.60. The number of amidine groups is 1. The van der Waals surface area contributed by atoms with Gasteiger partial charge in [0.15, 0.2) is 0 Å². The summed E-state index contributed by atoms with van der Waals surface area (Å²) in [6.45, 7) is 0.599. The van der Waals surface area contributed by atoms with Gasteiger partial charge in [0.05, 0.1) is 0 Å². The van der Waals surface area contributed by atoms with Gasteiger partial charge >= 0.3 is 0 Å². The Balaban J connectivity index is 2.04. The zero-order valence-corrected chi connectivity index (χ0v) is 10.3. The minimum Gasteiger partial charge on any atom is -0.409 e. The molecule has 5 heteroatoms. The molecule has 0 aromatic carbocycles. The first kappa shape index (κ1) is 13.8. The minimum absolute atomic E-state index is 0.136. The Morgan fingerprint density at radius 1 is 1.35 bits per heavy atom. The number of amides is 1. The first-order chi connectivity index (χ1) is 8.22. The second kappa shape index (κ2) is 7.92. The van der Waals surface area contributed by atoms with Crippen molar-refractivity contribution in [3.8, 4) is 0 Å². The number of hydrogen-bond acceptors (Lipinski definition) is 3. The van der Waals surface area contributed by atoms with Gasteiger partial charge in [-0.2, -0.15) is 0 Å². The average Bonchev–Trinajstić information content (AvgIpc) is 2.35. The molecule has 98 valence electrons. The standard InChI is InChI=1S/C12H23N3O2/c13-11(15-17)7-4-8-14-12(16)9-10-5-2-1-3-6-10/h10,17H,1-9H2,(H2,13,15)(H,14,16). The molecule has 0 aromatic rings. The summed E-state index contributed by atoms with van der Waals surface area (Å²) in [4.78, 5) is 11.6. The molecule has 1 aliphatic carbocycles. The molecule has 0 unspecified atom stereocenters. The zero-order valence-electron chi connectivity index (χ0n) is 10.3. The molecule has 1 amide bonds. The van der Waals surface area contributed by atoms with Crippen LogP contribution in [0.4, 0.5) is 0 Å². The number of nitrogens with one attached hydrogen (secondary N) is 1. The number of nitrogens with two attached hydrogens (primary N) is 1. The Morgan fingerprint density at radius 3 is 2.71 bits per heavy atom. The number of oxime groups is 1. The van der Waals surface area contributed by atoms with Crippen molar-refractivity contribution < 1.29 is 10.0 Å². The Labute approximate surface area is 102 Å². The van der Waals surface area contributed by atoms with Gasteiger partial charge in [-0.15, -0.1) is 0 Å². The van der Waals surface area contributed by atoms with E-state index in [0.717, 1.165) is 0 Å². The van der Waals surface area contributed by atoms with Crippen molar-refractivity contribution in [3.63, 3.8) is 0 Å². The van der Waals surface area contributed by atoms with Gasteiger partial charge in [0, 0.05) is 19.4 Å². The Kier molecular flexibility index (Phi) is 6.43. The van der Waals surface area contributed by atoms with E-state index < -0.39 is 0 Å². The Bertz CT molecular complexity index is 260. The molecule has 1 fully saturated rings. The number of rotatable bonds is 6. The molecule has 1 aliphatic rings. The molecule has 0 aliphatic heterocycles. The lowest BCUT2D eigenvalue weighted by Gasteiger charge is -2.20. The summed E-state index contributed by atoms with van der Waals surface area (Å²) in [6, 6.07) is 0. The van der Waals surface area contributed by atoms with E-state index in [1.165, 1.54) is 32.1 Å². The monoisotopic (exact) mass is 241 g/mol. The molecular weight excluding hydrogens is 218 g/mol. The van der Waals surface area contributed by atoms with Crippen LogP contribution < -0.4 is 11.1 Å². The molecule has 0 spiro atoms. The summed E-state index contributed by atoms with van der Waals surface area (Å²) < 4.78 is 0. The maximum absolute atomic E-state index is 11.6. The molecule has 1 saturated carbocycles. The van der Waals surface area contributed by atoms with E-state index in [2.05, 4.69) is 10.5 Å². The average molecular weight is 241 g/mol. The van der Waals surface area contributed by atoms with Crippen molar-refractivity contribution in [2.24, 2.45) is 16.8 Å². The van der Waals surface area contributed by atoms with Crippen molar-refractivity contribution >= 4 is 11.7 Å². The molecule has 4 N–H and O–H groups in total. The molecule has 1 rings (SSSR count). The number of nitrogens with zero attached hydrogens (tertiary/aromatic N) is 1. The largest absolute Gasteiger partial charge is 0.409 e. The number of carbonyl (C=O) groups excluding carboxylic acids is 1. The normalized spacial score (nSPS) is 18.0. The minimum atomic E-state index is 0.136. The highest BCUT2D eigenvalue weighted by Gasteiger charge is 2.16. The van der Waals surface area contributed by atoms with Gasteiger partial charge in [0.2, 0.25) is 5.91 Å². The first-order valence-electron chi connectivity index (χ1n) is 6.45. The van der Waals surface area contributed by atoms with E-state index in [1.54, 1.807) is 0 Å². The van der Waals surface area contributed by atoms with Crippen LogP contribution in [0.3, 0.4) is 0 Å². The third-order valence-corrected chi connectivity index (χ3v) is 3.26. The van der Waals surface area contributed by atoms with E-state index in [9.17, 15) is 4.79 Å². The second-order valence-corrected chi connectivity index (χ2v) is 4.75. The molecule has 0 bridgehead atoms. The molecule has 0 radical (unpaired) electrons. The molecular formula is C12H23N3O2. The van der Waals surface area contributed by atoms with E-state index in [0.29, 0.717) is 31.7 Å². The van der Waals surface area contributed by atoms with Crippen molar-refractivity contribution in [3.05, 3.63) is 0 Å². The van der Waals surface area contributed by atoms with Crippen LogP contribution in [0.1, 0.15) is 51.4 Å². The van der Waals surface area contributed by atoms with Crippen LogP contribution >= 0.6 is 0 Å². The van der Waals surface area contributed by atoms with Crippen molar-refractivity contribution in [2.75, 3.05) is 6.54 Å². The SMILES string of the molecule is NC(CCCNC(=O)CC1CCCCC1)=NO. The van der Waals surface area contributed by atoms with Gasteiger partial charge in [-0.1, -0.05) is 24.4 Å². The van der Waals surface area contributed by atoms with Crippen LogP contribution in [-0.2, 0) is 4.79 Å². The first-order valence-corrected chi connectivity index (χ1v) is 6.45. The molecule has 0 saturated heterocycles. The van der Waals surface area contributed by atoms with Gasteiger partial charge in [-0.05, 0) is 25.2 Å². The fraction of sp³-hybridized carbons (Fsp3) is 0.833. The molecule has 5 nitrogen and oxygen atoms in total. The maximum atomic E-state index is 11.6. The smallest absolute Gasteiger partial charge is 0.220 e. The third-order valence-electron chi connectivity index (χ3n) is 3.26. The summed E-state index contributed by atoms with van der Waals surface area (Å²) >= 11 is 0. The van der Waals surface area contributed by atoms with Crippen molar-refractivity contribution in [2.45, 2.75) is 51.4 Å². The lowest BCUT2D eigenvalue weighted by Crippen LogP contribution is -2.28. The summed E-state index contributed by atoms with van der Waals surface area (Å²) in [5.74, 6) is 0.927. The van der Waals surface area contributed by atoms with Gasteiger partial charge in [0.25, 0.3) is 0 Å². The van der Waals surface area contributed by atoms with Crippen LogP contribution in [0.2, 0.25) is 0 Å². The number of carbonyl (C=O) groups is 1. The van der Waals surface area contributed by atoms with Gasteiger partial charge in [-0.25, -0.2) is 0 Å². The Morgan fingerprint density at radius 2 is 2.06 bits per heavy atom. The lowest BCUT2D eigenvalue weighted by molar-refractivity contribution is -0.122. The van der Waals surface area contributed by atoms with Crippen LogP contribution in [0.15, 0.2) is 5.16 Å². The quantitative estimate of drug-likeness (QED) is 0.217. The van der Waals surface area contributed by atoms with E-state index in [-0.39, 0.29) is 11.7 Å². The molecule has 17 heavy (non-hydrogen) atoms. The maximum Gasteiger partial charge on any atom is 0.220 e. The van der Waals surface area contributed by atoms with Crippen LogP contribution in [-0.4, -0.2) is 23.5 Å². The van der Waals surface area contributed by atoms with Crippen LogP contribution in [0.5, 0.6) is 0 Å². The molecule has 0 heterocycles. The van der Waals surface area contributed by atoms with Crippen molar-refractivity contribution in [1.29, 1.82) is 0 Å².